The van der Waals surface area contributed by atoms with E-state index in [1.807, 2.05) is 54.6 Å². The lowest BCUT2D eigenvalue weighted by Gasteiger charge is -2.10. The number of aromatic nitrogens is 2. The van der Waals surface area contributed by atoms with Gasteiger partial charge in [0.05, 0.1) is 0 Å². The summed E-state index contributed by atoms with van der Waals surface area (Å²) in [5.41, 5.74) is 6.01. The topological polar surface area (TPSA) is 68.0 Å². The summed E-state index contributed by atoms with van der Waals surface area (Å²) in [5.74, 6) is 0.354. The zero-order valence-electron chi connectivity index (χ0n) is 16.1. The second-order valence-electron chi connectivity index (χ2n) is 7.49. The molecule has 0 aliphatic heterocycles. The molecule has 0 saturated heterocycles. The van der Waals surface area contributed by atoms with Gasteiger partial charge in [0, 0.05) is 23.0 Å². The summed E-state index contributed by atoms with van der Waals surface area (Å²) in [5, 5.41) is 5.28. The van der Waals surface area contributed by atoms with E-state index in [2.05, 4.69) is 27.4 Å². The molecule has 1 aliphatic carbocycles. The summed E-state index contributed by atoms with van der Waals surface area (Å²) in [6.45, 7) is 0. The van der Waals surface area contributed by atoms with Gasteiger partial charge in [-0.1, -0.05) is 30.3 Å². The van der Waals surface area contributed by atoms with Gasteiger partial charge in [-0.25, -0.2) is 4.98 Å². The second-order valence-corrected chi connectivity index (χ2v) is 7.49. The maximum atomic E-state index is 13.1. The predicted octanol–water partition coefficient (Wildman–Crippen LogP) is 5.39. The third kappa shape index (κ3) is 2.67. The number of anilines is 1. The average Bonchev–Trinajstić information content (AvgIpc) is 3.40. The first-order valence-corrected chi connectivity index (χ1v) is 9.93. The highest BCUT2D eigenvalue weighted by Gasteiger charge is 2.19. The summed E-state index contributed by atoms with van der Waals surface area (Å²) >= 11 is 0. The molecule has 0 fully saturated rings. The van der Waals surface area contributed by atoms with Crippen LogP contribution in [-0.2, 0) is 12.8 Å². The van der Waals surface area contributed by atoms with Crippen molar-refractivity contribution >= 4 is 33.6 Å². The van der Waals surface area contributed by atoms with Crippen LogP contribution in [0.5, 0.6) is 0 Å². The highest BCUT2D eigenvalue weighted by atomic mass is 16.3. The van der Waals surface area contributed by atoms with Crippen molar-refractivity contribution in [2.45, 2.75) is 12.8 Å². The smallest absolute Gasteiger partial charge is 0.256 e. The average molecular weight is 391 g/mol. The van der Waals surface area contributed by atoms with Crippen molar-refractivity contribution in [3.63, 3.8) is 0 Å². The number of nitrogens with zero attached hydrogens (tertiary/aromatic N) is 2. The van der Waals surface area contributed by atoms with Crippen LogP contribution in [0.25, 0.3) is 33.5 Å². The van der Waals surface area contributed by atoms with Gasteiger partial charge in [-0.15, -0.1) is 0 Å². The number of carbonyl (C=O) groups excluding carboxylic acids is 1. The fourth-order valence-electron chi connectivity index (χ4n) is 4.27. The van der Waals surface area contributed by atoms with E-state index in [4.69, 9.17) is 4.42 Å². The summed E-state index contributed by atoms with van der Waals surface area (Å²) in [6.07, 6.45) is 3.77. The SMILES string of the molecule is O=C(Nc1cccc(-c2nc3ncccc3o2)c1)c1ccc2c3c(cccc13)CC2. The predicted molar refractivity (Wildman–Crippen MR) is 117 cm³/mol. The van der Waals surface area contributed by atoms with Crippen LogP contribution < -0.4 is 5.32 Å². The number of nitrogens with one attached hydrogen (secondary N) is 1. The van der Waals surface area contributed by atoms with E-state index in [1.165, 1.54) is 16.5 Å². The molecule has 144 valence electrons. The van der Waals surface area contributed by atoms with Crippen LogP contribution >= 0.6 is 0 Å². The Balaban J connectivity index is 1.35. The van der Waals surface area contributed by atoms with Gasteiger partial charge in [0.15, 0.2) is 11.2 Å². The van der Waals surface area contributed by atoms with Gasteiger partial charge < -0.3 is 9.73 Å². The van der Waals surface area contributed by atoms with E-state index in [9.17, 15) is 4.79 Å². The van der Waals surface area contributed by atoms with Gasteiger partial charge in [0.25, 0.3) is 5.91 Å². The van der Waals surface area contributed by atoms with E-state index in [0.29, 0.717) is 28.4 Å². The van der Waals surface area contributed by atoms with Crippen LogP contribution in [0, 0.1) is 0 Å². The van der Waals surface area contributed by atoms with Crippen LogP contribution in [0.15, 0.2) is 77.3 Å². The molecule has 1 amide bonds. The van der Waals surface area contributed by atoms with E-state index in [1.54, 1.807) is 6.20 Å². The first-order valence-electron chi connectivity index (χ1n) is 9.93. The van der Waals surface area contributed by atoms with Crippen molar-refractivity contribution in [3.8, 4) is 11.5 Å². The number of hydrogen-bond acceptors (Lipinski definition) is 4. The zero-order chi connectivity index (χ0) is 20.1. The molecule has 1 aliphatic rings. The van der Waals surface area contributed by atoms with Crippen LogP contribution in [0.2, 0.25) is 0 Å². The Morgan fingerprint density at radius 2 is 1.80 bits per heavy atom. The number of aryl methyl sites for hydroxylation is 2. The number of hydrogen-bond donors (Lipinski definition) is 1. The summed E-state index contributed by atoms with van der Waals surface area (Å²) in [6, 6.07) is 21.4. The van der Waals surface area contributed by atoms with Crippen molar-refractivity contribution in [2.75, 3.05) is 5.32 Å². The van der Waals surface area contributed by atoms with Crippen LogP contribution in [0.4, 0.5) is 5.69 Å². The number of rotatable bonds is 3. The zero-order valence-corrected chi connectivity index (χ0v) is 16.1. The van der Waals surface area contributed by atoms with Crippen LogP contribution in [0.3, 0.4) is 0 Å². The van der Waals surface area contributed by atoms with Gasteiger partial charge in [-0.2, -0.15) is 4.98 Å². The number of amides is 1. The van der Waals surface area contributed by atoms with Gasteiger partial charge in [0.1, 0.15) is 0 Å². The van der Waals surface area contributed by atoms with Gasteiger partial charge in [0.2, 0.25) is 5.89 Å². The lowest BCUT2D eigenvalue weighted by Crippen LogP contribution is -2.12. The lowest BCUT2D eigenvalue weighted by molar-refractivity contribution is 0.102. The molecule has 0 unspecified atom stereocenters. The van der Waals surface area contributed by atoms with Crippen molar-refractivity contribution in [1.29, 1.82) is 0 Å². The Bertz CT molecular complexity index is 1410. The number of carbonyl (C=O) groups is 1. The molecule has 6 rings (SSSR count). The van der Waals surface area contributed by atoms with Gasteiger partial charge in [-0.05, 0) is 71.1 Å². The summed E-state index contributed by atoms with van der Waals surface area (Å²) < 4.78 is 5.80. The molecule has 5 heteroatoms. The molecular weight excluding hydrogens is 374 g/mol. The molecule has 1 N–H and O–H groups in total. The molecule has 0 spiro atoms. The fraction of sp³-hybridized carbons (Fsp3) is 0.0800. The Labute approximate surface area is 172 Å². The highest BCUT2D eigenvalue weighted by molar-refractivity contribution is 6.14. The van der Waals surface area contributed by atoms with Crippen molar-refractivity contribution in [3.05, 3.63) is 89.6 Å². The Morgan fingerprint density at radius 1 is 0.933 bits per heavy atom. The highest BCUT2D eigenvalue weighted by Crippen LogP contribution is 2.33. The van der Waals surface area contributed by atoms with Gasteiger partial charge >= 0.3 is 0 Å². The van der Waals surface area contributed by atoms with E-state index in [-0.39, 0.29) is 5.91 Å². The molecule has 30 heavy (non-hydrogen) atoms. The monoisotopic (exact) mass is 391 g/mol. The minimum absolute atomic E-state index is 0.123. The number of oxazole rings is 1. The minimum atomic E-state index is -0.123. The van der Waals surface area contributed by atoms with Gasteiger partial charge in [-0.3, -0.25) is 4.79 Å². The molecule has 0 atom stereocenters. The summed E-state index contributed by atoms with van der Waals surface area (Å²) in [4.78, 5) is 21.7. The fourth-order valence-corrected chi connectivity index (χ4v) is 4.27. The quantitative estimate of drug-likeness (QED) is 0.447. The molecule has 0 radical (unpaired) electrons. The van der Waals surface area contributed by atoms with E-state index < -0.39 is 0 Å². The first kappa shape index (κ1) is 16.9. The van der Waals surface area contributed by atoms with Crippen LogP contribution in [0.1, 0.15) is 21.5 Å². The Kier molecular flexibility index (Phi) is 3.68. The van der Waals surface area contributed by atoms with Crippen molar-refractivity contribution in [1.82, 2.24) is 9.97 Å². The molecule has 0 bridgehead atoms. The molecule has 0 saturated carbocycles. The number of fused-ring (bicyclic) bond motifs is 1. The van der Waals surface area contributed by atoms with Crippen molar-refractivity contribution < 1.29 is 9.21 Å². The number of benzene rings is 3. The third-order valence-corrected chi connectivity index (χ3v) is 5.65. The molecule has 2 heterocycles. The first-order chi connectivity index (χ1) is 14.8. The molecule has 2 aromatic heterocycles. The Hall–Kier alpha value is -3.99. The molecule has 5 nitrogen and oxygen atoms in total. The van der Waals surface area contributed by atoms with Crippen LogP contribution in [-0.4, -0.2) is 15.9 Å². The van der Waals surface area contributed by atoms with Crippen molar-refractivity contribution in [2.24, 2.45) is 0 Å². The molecule has 5 aromatic rings. The largest absolute Gasteiger partial charge is 0.434 e. The Morgan fingerprint density at radius 3 is 2.70 bits per heavy atom. The third-order valence-electron chi connectivity index (χ3n) is 5.65. The molecule has 3 aromatic carbocycles. The number of pyridine rings is 1. The van der Waals surface area contributed by atoms with E-state index in [0.717, 1.165) is 23.8 Å². The lowest BCUT2D eigenvalue weighted by atomic mass is 9.99. The standard InChI is InChI=1S/C25H17N3O2/c29-24(20-12-11-16-10-9-15-4-2-7-19(20)22(15)16)27-18-6-1-5-17(14-18)25-28-23-21(30-25)8-3-13-26-23/h1-8,11-14H,9-10H2,(H,27,29). The maximum absolute atomic E-state index is 13.1. The second kappa shape index (κ2) is 6.52. The normalized spacial score (nSPS) is 12.5. The maximum Gasteiger partial charge on any atom is 0.256 e. The van der Waals surface area contributed by atoms with E-state index >= 15 is 0 Å². The molecular formula is C25H17N3O2. The minimum Gasteiger partial charge on any atom is -0.434 e. The summed E-state index contributed by atoms with van der Waals surface area (Å²) in [7, 11) is 0.